The second kappa shape index (κ2) is 10.0. The fraction of sp³-hybridized carbons (Fsp3) is 0.0833. The molecule has 0 radical (unpaired) electrons. The van der Waals surface area contributed by atoms with Crippen LogP contribution in [-0.2, 0) is 17.9 Å². The number of ether oxygens (including phenoxy) is 1. The van der Waals surface area contributed by atoms with E-state index in [1.54, 1.807) is 24.3 Å². The maximum atomic E-state index is 12.7. The van der Waals surface area contributed by atoms with E-state index in [0.717, 1.165) is 28.5 Å². The molecule has 1 heterocycles. The lowest BCUT2D eigenvalue weighted by Crippen LogP contribution is -2.27. The molecule has 3 aromatic rings. The normalized spacial score (nSPS) is 15.0. The molecule has 0 N–H and O–H groups in total. The van der Waals surface area contributed by atoms with E-state index < -0.39 is 0 Å². The Labute approximate surface area is 204 Å². The lowest BCUT2D eigenvalue weighted by Gasteiger charge is -2.12. The molecule has 1 fully saturated rings. The van der Waals surface area contributed by atoms with Crippen molar-refractivity contribution in [3.63, 3.8) is 0 Å². The van der Waals surface area contributed by atoms with Gasteiger partial charge in [-0.2, -0.15) is 0 Å². The highest BCUT2D eigenvalue weighted by Crippen LogP contribution is 2.34. The van der Waals surface area contributed by atoms with Gasteiger partial charge in [0.25, 0.3) is 11.1 Å². The zero-order valence-corrected chi connectivity index (χ0v) is 19.6. The molecule has 3 aromatic carbocycles. The van der Waals surface area contributed by atoms with Gasteiger partial charge in [-0.3, -0.25) is 14.5 Å². The van der Waals surface area contributed by atoms with Gasteiger partial charge in [0.05, 0.1) is 21.5 Å². The number of rotatable bonds is 6. The molecule has 1 aliphatic heterocycles. The number of nitrogens with zero attached hydrogens (tertiary/aromatic N) is 1. The molecule has 0 aromatic heterocycles. The molecule has 1 aliphatic rings. The number of carbonyl (C=O) groups excluding carboxylic acids is 2. The fourth-order valence-corrected chi connectivity index (χ4v) is 4.30. The highest BCUT2D eigenvalue weighted by Gasteiger charge is 2.35. The molecule has 0 spiro atoms. The van der Waals surface area contributed by atoms with E-state index in [4.69, 9.17) is 39.5 Å². The summed E-state index contributed by atoms with van der Waals surface area (Å²) in [5, 5.41) is 1.16. The largest absolute Gasteiger partial charge is 0.489 e. The minimum Gasteiger partial charge on any atom is -0.489 e. The number of halogens is 3. The molecular weight excluding hydrogens is 489 g/mol. The molecule has 0 bridgehead atoms. The lowest BCUT2D eigenvalue weighted by molar-refractivity contribution is -0.123. The summed E-state index contributed by atoms with van der Waals surface area (Å²) in [6.45, 7) is 0.556. The average Bonchev–Trinajstić information content (AvgIpc) is 3.04. The summed E-state index contributed by atoms with van der Waals surface area (Å²) in [7, 11) is 0. The highest BCUT2D eigenvalue weighted by atomic mass is 35.5. The number of thioether (sulfide) groups is 1. The van der Waals surface area contributed by atoms with Gasteiger partial charge >= 0.3 is 0 Å². The summed E-state index contributed by atoms with van der Waals surface area (Å²) in [5.41, 5.74) is 2.53. The maximum Gasteiger partial charge on any atom is 0.293 e. The molecule has 1 saturated heterocycles. The maximum absolute atomic E-state index is 12.7. The summed E-state index contributed by atoms with van der Waals surface area (Å²) in [4.78, 5) is 26.7. The number of amides is 2. The molecule has 32 heavy (non-hydrogen) atoms. The first-order chi connectivity index (χ1) is 15.4. The smallest absolute Gasteiger partial charge is 0.293 e. The van der Waals surface area contributed by atoms with Gasteiger partial charge in [0.2, 0.25) is 0 Å². The Morgan fingerprint density at radius 1 is 0.844 bits per heavy atom. The average molecular weight is 505 g/mol. The van der Waals surface area contributed by atoms with Gasteiger partial charge < -0.3 is 4.74 Å². The van der Waals surface area contributed by atoms with Crippen molar-refractivity contribution in [1.29, 1.82) is 0 Å². The Kier molecular flexibility index (Phi) is 7.11. The Morgan fingerprint density at radius 3 is 2.22 bits per heavy atom. The molecule has 8 heteroatoms. The topological polar surface area (TPSA) is 46.6 Å². The Balaban J connectivity index is 1.40. The van der Waals surface area contributed by atoms with E-state index >= 15 is 0 Å². The summed E-state index contributed by atoms with van der Waals surface area (Å²) >= 11 is 18.8. The number of imide groups is 1. The van der Waals surface area contributed by atoms with Gasteiger partial charge in [-0.15, -0.1) is 0 Å². The monoisotopic (exact) mass is 503 g/mol. The van der Waals surface area contributed by atoms with Crippen LogP contribution >= 0.6 is 46.6 Å². The number of hydrogen-bond donors (Lipinski definition) is 0. The van der Waals surface area contributed by atoms with Crippen LogP contribution in [0.1, 0.15) is 16.7 Å². The van der Waals surface area contributed by atoms with Crippen molar-refractivity contribution >= 4 is 63.8 Å². The van der Waals surface area contributed by atoms with Gasteiger partial charge in [0.1, 0.15) is 12.4 Å². The zero-order chi connectivity index (χ0) is 22.7. The minimum absolute atomic E-state index is 0.135. The van der Waals surface area contributed by atoms with Crippen molar-refractivity contribution < 1.29 is 14.3 Å². The molecule has 0 atom stereocenters. The molecule has 162 valence electrons. The predicted molar refractivity (Wildman–Crippen MR) is 130 cm³/mol. The number of hydrogen-bond acceptors (Lipinski definition) is 4. The first-order valence-electron chi connectivity index (χ1n) is 9.55. The SMILES string of the molecule is O=C1S/C(=C/c2ccc(OCc3ccc(Cl)cc3)cc2)C(=O)N1Cc1ccc(Cl)c(Cl)c1. The number of carbonyl (C=O) groups is 2. The van der Waals surface area contributed by atoms with Crippen LogP contribution in [0.2, 0.25) is 15.1 Å². The summed E-state index contributed by atoms with van der Waals surface area (Å²) in [6, 6.07) is 19.8. The third-order valence-corrected chi connectivity index (χ3v) is 6.59. The predicted octanol–water partition coefficient (Wildman–Crippen LogP) is 7.46. The van der Waals surface area contributed by atoms with Crippen molar-refractivity contribution in [3.8, 4) is 5.75 Å². The van der Waals surface area contributed by atoms with Crippen LogP contribution < -0.4 is 4.74 Å². The fourth-order valence-electron chi connectivity index (χ4n) is 3.02. The molecular formula is C24H16Cl3NO3S. The molecule has 0 aliphatic carbocycles. The van der Waals surface area contributed by atoms with Crippen LogP contribution in [-0.4, -0.2) is 16.0 Å². The molecule has 4 rings (SSSR count). The van der Waals surface area contributed by atoms with Crippen molar-refractivity contribution in [2.24, 2.45) is 0 Å². The van der Waals surface area contributed by atoms with Gasteiger partial charge in [-0.25, -0.2) is 0 Å². The summed E-state index contributed by atoms with van der Waals surface area (Å²) < 4.78 is 5.78. The molecule has 0 saturated carbocycles. The van der Waals surface area contributed by atoms with Crippen LogP contribution in [0.3, 0.4) is 0 Å². The van der Waals surface area contributed by atoms with E-state index in [1.165, 1.54) is 4.90 Å². The number of benzene rings is 3. The van der Waals surface area contributed by atoms with E-state index in [2.05, 4.69) is 0 Å². The van der Waals surface area contributed by atoms with Crippen LogP contribution in [0.4, 0.5) is 4.79 Å². The van der Waals surface area contributed by atoms with Crippen molar-refractivity contribution in [2.45, 2.75) is 13.2 Å². The van der Waals surface area contributed by atoms with Crippen molar-refractivity contribution in [1.82, 2.24) is 4.90 Å². The molecule has 4 nitrogen and oxygen atoms in total. The van der Waals surface area contributed by atoms with E-state index in [1.807, 2.05) is 48.5 Å². The Hall–Kier alpha value is -2.44. The first-order valence-corrected chi connectivity index (χ1v) is 11.5. The minimum atomic E-state index is -0.339. The highest BCUT2D eigenvalue weighted by molar-refractivity contribution is 8.18. The lowest BCUT2D eigenvalue weighted by atomic mass is 10.2. The van der Waals surface area contributed by atoms with Crippen molar-refractivity contribution in [3.05, 3.63) is 103 Å². The standard InChI is InChI=1S/C24H16Cl3NO3S/c25-18-6-1-16(2-7-18)14-31-19-8-3-15(4-9-19)12-22-23(29)28(24(30)32-22)13-17-5-10-20(26)21(27)11-17/h1-12H,13-14H2/b22-12+. The van der Waals surface area contributed by atoms with Gasteiger partial charge in [-0.05, 0) is 70.9 Å². The van der Waals surface area contributed by atoms with E-state index in [9.17, 15) is 9.59 Å². The van der Waals surface area contributed by atoms with Gasteiger partial charge in [0, 0.05) is 5.02 Å². The summed E-state index contributed by atoms with van der Waals surface area (Å²) in [6.07, 6.45) is 1.70. The first kappa shape index (κ1) is 22.7. The van der Waals surface area contributed by atoms with Crippen LogP contribution in [0.15, 0.2) is 71.6 Å². The Bertz CT molecular complexity index is 1190. The molecule has 2 amide bonds. The van der Waals surface area contributed by atoms with Crippen LogP contribution in [0, 0.1) is 0 Å². The quantitative estimate of drug-likeness (QED) is 0.327. The summed E-state index contributed by atoms with van der Waals surface area (Å²) in [5.74, 6) is 0.360. The van der Waals surface area contributed by atoms with Crippen molar-refractivity contribution in [2.75, 3.05) is 0 Å². The third kappa shape index (κ3) is 5.48. The van der Waals surface area contributed by atoms with Gasteiger partial charge in [-0.1, -0.05) is 65.1 Å². The second-order valence-electron chi connectivity index (χ2n) is 7.00. The second-order valence-corrected chi connectivity index (χ2v) is 9.24. The van der Waals surface area contributed by atoms with Gasteiger partial charge in [0.15, 0.2) is 0 Å². The zero-order valence-electron chi connectivity index (χ0n) is 16.6. The Morgan fingerprint density at radius 2 is 1.53 bits per heavy atom. The third-order valence-electron chi connectivity index (χ3n) is 4.69. The van der Waals surface area contributed by atoms with Crippen LogP contribution in [0.25, 0.3) is 6.08 Å². The van der Waals surface area contributed by atoms with Crippen LogP contribution in [0.5, 0.6) is 5.75 Å². The van der Waals surface area contributed by atoms with E-state index in [0.29, 0.717) is 32.3 Å². The molecule has 0 unspecified atom stereocenters. The van der Waals surface area contributed by atoms with E-state index in [-0.39, 0.29) is 17.7 Å².